The third-order valence-electron chi connectivity index (χ3n) is 4.05. The molecule has 1 fully saturated rings. The highest BCUT2D eigenvalue weighted by Gasteiger charge is 2.18. The Balaban J connectivity index is 1.68. The standard InChI is InChI=1S/C17H25N3O3/c1-14-4-3-5-15(12-14)20-10-8-19(9-11-20)7-6-16(21)18-13-17(22)23-2/h3-5,12H,6-11,13H2,1-2H3,(H,18,21). The number of benzene rings is 1. The molecular weight excluding hydrogens is 294 g/mol. The van der Waals surface area contributed by atoms with Crippen molar-refractivity contribution in [2.75, 3.05) is 51.3 Å². The molecule has 0 unspecified atom stereocenters. The summed E-state index contributed by atoms with van der Waals surface area (Å²) in [6.45, 7) is 6.58. The van der Waals surface area contributed by atoms with E-state index in [-0.39, 0.29) is 12.5 Å². The van der Waals surface area contributed by atoms with E-state index in [1.54, 1.807) is 0 Å². The minimum absolute atomic E-state index is 0.0591. The Morgan fingerprint density at radius 1 is 1.22 bits per heavy atom. The third-order valence-corrected chi connectivity index (χ3v) is 4.05. The molecule has 0 aliphatic carbocycles. The zero-order valence-electron chi connectivity index (χ0n) is 13.9. The molecule has 0 radical (unpaired) electrons. The van der Waals surface area contributed by atoms with Gasteiger partial charge in [0.05, 0.1) is 7.11 Å². The van der Waals surface area contributed by atoms with Gasteiger partial charge in [0, 0.05) is 44.8 Å². The van der Waals surface area contributed by atoms with Crippen molar-refractivity contribution in [3.63, 3.8) is 0 Å². The number of carbonyl (C=O) groups excluding carboxylic acids is 2. The SMILES string of the molecule is COC(=O)CNC(=O)CCN1CCN(c2cccc(C)c2)CC1. The number of rotatable bonds is 6. The number of hydrogen-bond donors (Lipinski definition) is 1. The van der Waals surface area contributed by atoms with E-state index in [9.17, 15) is 9.59 Å². The number of piperazine rings is 1. The minimum atomic E-state index is -0.426. The molecule has 23 heavy (non-hydrogen) atoms. The summed E-state index contributed by atoms with van der Waals surface area (Å²) in [7, 11) is 1.31. The van der Waals surface area contributed by atoms with Crippen molar-refractivity contribution in [2.24, 2.45) is 0 Å². The van der Waals surface area contributed by atoms with Gasteiger partial charge in [-0.2, -0.15) is 0 Å². The summed E-state index contributed by atoms with van der Waals surface area (Å²) in [5.41, 5.74) is 2.53. The molecule has 1 heterocycles. The highest BCUT2D eigenvalue weighted by atomic mass is 16.5. The summed E-state index contributed by atoms with van der Waals surface area (Å²) in [4.78, 5) is 27.3. The molecule has 1 aromatic rings. The third kappa shape index (κ3) is 5.56. The zero-order chi connectivity index (χ0) is 16.7. The maximum absolute atomic E-state index is 11.7. The van der Waals surface area contributed by atoms with Crippen molar-refractivity contribution in [1.29, 1.82) is 0 Å². The van der Waals surface area contributed by atoms with Gasteiger partial charge in [-0.05, 0) is 24.6 Å². The lowest BCUT2D eigenvalue weighted by Gasteiger charge is -2.36. The van der Waals surface area contributed by atoms with E-state index in [1.807, 2.05) is 0 Å². The van der Waals surface area contributed by atoms with Crippen molar-refractivity contribution in [1.82, 2.24) is 10.2 Å². The van der Waals surface area contributed by atoms with Crippen LogP contribution < -0.4 is 10.2 Å². The van der Waals surface area contributed by atoms with Gasteiger partial charge in [-0.3, -0.25) is 14.5 Å². The average Bonchev–Trinajstić information content (AvgIpc) is 2.58. The number of aryl methyl sites for hydroxylation is 1. The maximum atomic E-state index is 11.7. The summed E-state index contributed by atoms with van der Waals surface area (Å²) in [6.07, 6.45) is 0.404. The smallest absolute Gasteiger partial charge is 0.325 e. The second-order valence-corrected chi connectivity index (χ2v) is 5.77. The summed E-state index contributed by atoms with van der Waals surface area (Å²) in [6, 6.07) is 8.54. The van der Waals surface area contributed by atoms with Gasteiger partial charge in [0.15, 0.2) is 0 Å². The first kappa shape index (κ1) is 17.3. The second kappa shape index (κ2) is 8.53. The second-order valence-electron chi connectivity index (χ2n) is 5.77. The lowest BCUT2D eigenvalue weighted by Crippen LogP contribution is -2.47. The van der Waals surface area contributed by atoms with E-state index in [2.05, 4.69) is 51.0 Å². The number of esters is 1. The molecule has 1 amide bonds. The Kier molecular flexibility index (Phi) is 6.40. The monoisotopic (exact) mass is 319 g/mol. The largest absolute Gasteiger partial charge is 0.468 e. The fraction of sp³-hybridized carbons (Fsp3) is 0.529. The molecule has 0 aromatic heterocycles. The predicted molar refractivity (Wildman–Crippen MR) is 89.5 cm³/mol. The van der Waals surface area contributed by atoms with E-state index in [0.29, 0.717) is 13.0 Å². The highest BCUT2D eigenvalue weighted by molar-refractivity contribution is 5.81. The number of amides is 1. The normalized spacial score (nSPS) is 15.3. The number of hydrogen-bond acceptors (Lipinski definition) is 5. The van der Waals surface area contributed by atoms with Crippen molar-refractivity contribution in [3.8, 4) is 0 Å². The number of anilines is 1. The first-order chi connectivity index (χ1) is 11.1. The number of methoxy groups -OCH3 is 1. The van der Waals surface area contributed by atoms with Gasteiger partial charge in [0.25, 0.3) is 0 Å². The van der Waals surface area contributed by atoms with Gasteiger partial charge >= 0.3 is 5.97 Å². The summed E-state index contributed by atoms with van der Waals surface area (Å²) in [5.74, 6) is -0.540. The highest BCUT2D eigenvalue weighted by Crippen LogP contribution is 2.17. The lowest BCUT2D eigenvalue weighted by molar-refractivity contribution is -0.141. The molecule has 1 aliphatic heterocycles. The van der Waals surface area contributed by atoms with E-state index in [1.165, 1.54) is 18.4 Å². The van der Waals surface area contributed by atoms with Crippen molar-refractivity contribution in [2.45, 2.75) is 13.3 Å². The molecule has 2 rings (SSSR count). The lowest BCUT2D eigenvalue weighted by atomic mass is 10.2. The van der Waals surface area contributed by atoms with Crippen molar-refractivity contribution < 1.29 is 14.3 Å². The van der Waals surface area contributed by atoms with Crippen LogP contribution in [0.1, 0.15) is 12.0 Å². The first-order valence-corrected chi connectivity index (χ1v) is 7.96. The van der Waals surface area contributed by atoms with Gasteiger partial charge < -0.3 is 15.0 Å². The molecule has 0 spiro atoms. The quantitative estimate of drug-likeness (QED) is 0.786. The van der Waals surface area contributed by atoms with Gasteiger partial charge in [-0.25, -0.2) is 0 Å². The summed E-state index contributed by atoms with van der Waals surface area (Å²) in [5, 5.41) is 2.56. The van der Waals surface area contributed by atoms with Crippen LogP contribution in [0.4, 0.5) is 5.69 Å². The maximum Gasteiger partial charge on any atom is 0.325 e. The van der Waals surface area contributed by atoms with Crippen LogP contribution in [0.5, 0.6) is 0 Å². The van der Waals surface area contributed by atoms with E-state index < -0.39 is 5.97 Å². The van der Waals surface area contributed by atoms with E-state index in [0.717, 1.165) is 26.2 Å². The molecule has 1 N–H and O–H groups in total. The first-order valence-electron chi connectivity index (χ1n) is 7.96. The van der Waals surface area contributed by atoms with Crippen LogP contribution in [-0.4, -0.2) is 63.2 Å². The predicted octanol–water partition coefficient (Wildman–Crippen LogP) is 0.796. The van der Waals surface area contributed by atoms with Crippen LogP contribution in [0.2, 0.25) is 0 Å². The Hall–Kier alpha value is -2.08. The topological polar surface area (TPSA) is 61.9 Å². The van der Waals surface area contributed by atoms with Gasteiger partial charge in [-0.15, -0.1) is 0 Å². The molecule has 126 valence electrons. The number of carbonyl (C=O) groups is 2. The van der Waals surface area contributed by atoms with Crippen LogP contribution in [0.3, 0.4) is 0 Å². The summed E-state index contributed by atoms with van der Waals surface area (Å²) < 4.78 is 4.49. The van der Waals surface area contributed by atoms with Gasteiger partial charge in [-0.1, -0.05) is 12.1 Å². The van der Waals surface area contributed by atoms with Crippen LogP contribution in [0.15, 0.2) is 24.3 Å². The zero-order valence-corrected chi connectivity index (χ0v) is 13.9. The average molecular weight is 319 g/mol. The van der Waals surface area contributed by atoms with Crippen LogP contribution in [0.25, 0.3) is 0 Å². The molecule has 0 bridgehead atoms. The molecule has 6 nitrogen and oxygen atoms in total. The Labute approximate surface area is 137 Å². The number of nitrogens with one attached hydrogen (secondary N) is 1. The van der Waals surface area contributed by atoms with Crippen LogP contribution in [-0.2, 0) is 14.3 Å². The van der Waals surface area contributed by atoms with Crippen molar-refractivity contribution >= 4 is 17.6 Å². The molecule has 6 heteroatoms. The van der Waals surface area contributed by atoms with Crippen molar-refractivity contribution in [3.05, 3.63) is 29.8 Å². The molecular formula is C17H25N3O3. The van der Waals surface area contributed by atoms with Crippen LogP contribution >= 0.6 is 0 Å². The minimum Gasteiger partial charge on any atom is -0.468 e. The van der Waals surface area contributed by atoms with Crippen LogP contribution in [0, 0.1) is 6.92 Å². The fourth-order valence-electron chi connectivity index (χ4n) is 2.65. The van der Waals surface area contributed by atoms with E-state index in [4.69, 9.17) is 0 Å². The molecule has 1 aliphatic rings. The van der Waals surface area contributed by atoms with E-state index >= 15 is 0 Å². The number of nitrogens with zero attached hydrogens (tertiary/aromatic N) is 2. The Bertz CT molecular complexity index is 540. The molecule has 0 saturated carbocycles. The molecule has 1 saturated heterocycles. The Morgan fingerprint density at radius 2 is 1.96 bits per heavy atom. The Morgan fingerprint density at radius 3 is 2.61 bits per heavy atom. The summed E-state index contributed by atoms with van der Waals surface area (Å²) >= 11 is 0. The van der Waals surface area contributed by atoms with Gasteiger partial charge in [0.1, 0.15) is 6.54 Å². The van der Waals surface area contributed by atoms with Gasteiger partial charge in [0.2, 0.25) is 5.91 Å². The fourth-order valence-corrected chi connectivity index (χ4v) is 2.65. The molecule has 1 aromatic carbocycles. The number of ether oxygens (including phenoxy) is 1. The molecule has 0 atom stereocenters.